The van der Waals surface area contributed by atoms with Crippen molar-refractivity contribution in [2.75, 3.05) is 19.6 Å². The number of nitro benzene ring substituents is 1. The summed E-state index contributed by atoms with van der Waals surface area (Å²) < 4.78 is 39.3. The highest BCUT2D eigenvalue weighted by atomic mass is 35.5. The minimum atomic E-state index is -4.64. The van der Waals surface area contributed by atoms with Crippen LogP contribution in [0, 0.1) is 10.1 Å². The van der Waals surface area contributed by atoms with E-state index in [0.29, 0.717) is 6.54 Å². The highest BCUT2D eigenvalue weighted by molar-refractivity contribution is 7.99. The van der Waals surface area contributed by atoms with E-state index in [0.717, 1.165) is 55.9 Å². The van der Waals surface area contributed by atoms with E-state index in [2.05, 4.69) is 17.1 Å². The van der Waals surface area contributed by atoms with Crippen LogP contribution < -0.4 is 5.32 Å². The van der Waals surface area contributed by atoms with Crippen molar-refractivity contribution in [2.24, 2.45) is 0 Å². The molecular weight excluding hydrogens is 467 g/mol. The van der Waals surface area contributed by atoms with E-state index in [1.165, 1.54) is 18.2 Å². The van der Waals surface area contributed by atoms with E-state index in [1.54, 1.807) is 0 Å². The lowest BCUT2D eigenvalue weighted by atomic mass is 10.1. The fourth-order valence-electron chi connectivity index (χ4n) is 3.65. The molecule has 1 atom stereocenters. The van der Waals surface area contributed by atoms with Gasteiger partial charge in [0, 0.05) is 29.1 Å². The van der Waals surface area contributed by atoms with E-state index in [1.807, 2.05) is 0 Å². The lowest BCUT2D eigenvalue weighted by Crippen LogP contribution is -2.40. The zero-order valence-electron chi connectivity index (χ0n) is 17.1. The molecule has 11 heteroatoms. The number of alkyl halides is 3. The molecule has 0 radical (unpaired) electrons. The molecule has 0 saturated carbocycles. The van der Waals surface area contributed by atoms with E-state index in [9.17, 15) is 28.1 Å². The number of carbonyl (C=O) groups is 1. The predicted octanol–water partition coefficient (Wildman–Crippen LogP) is 5.63. The maximum Gasteiger partial charge on any atom is 0.417 e. The summed E-state index contributed by atoms with van der Waals surface area (Å²) in [6, 6.07) is 7.48. The van der Waals surface area contributed by atoms with Crippen LogP contribution in [0.1, 0.15) is 35.7 Å². The Morgan fingerprint density at radius 3 is 2.72 bits per heavy atom. The first-order valence-electron chi connectivity index (χ1n) is 9.95. The number of halogens is 4. The van der Waals surface area contributed by atoms with Crippen molar-refractivity contribution in [3.05, 3.63) is 62.7 Å². The molecule has 1 N–H and O–H groups in total. The maximum atomic E-state index is 13.1. The van der Waals surface area contributed by atoms with Gasteiger partial charge in [0.2, 0.25) is 0 Å². The Morgan fingerprint density at radius 2 is 2.06 bits per heavy atom. The van der Waals surface area contributed by atoms with Crippen LogP contribution in [0.2, 0.25) is 5.02 Å². The van der Waals surface area contributed by atoms with E-state index < -0.39 is 27.6 Å². The van der Waals surface area contributed by atoms with Gasteiger partial charge < -0.3 is 5.32 Å². The number of hydrogen-bond donors (Lipinski definition) is 1. The van der Waals surface area contributed by atoms with Crippen molar-refractivity contribution >= 4 is 35.0 Å². The summed E-state index contributed by atoms with van der Waals surface area (Å²) in [5, 5.41) is 13.9. The van der Waals surface area contributed by atoms with Crippen molar-refractivity contribution in [1.82, 2.24) is 10.2 Å². The Labute approximate surface area is 192 Å². The molecule has 32 heavy (non-hydrogen) atoms. The number of amides is 1. The molecule has 1 amide bonds. The second-order valence-electron chi connectivity index (χ2n) is 7.32. The molecule has 1 aliphatic heterocycles. The van der Waals surface area contributed by atoms with Gasteiger partial charge in [-0.2, -0.15) is 13.2 Å². The monoisotopic (exact) mass is 487 g/mol. The average molecular weight is 488 g/mol. The van der Waals surface area contributed by atoms with Crippen molar-refractivity contribution in [3.63, 3.8) is 0 Å². The van der Waals surface area contributed by atoms with Gasteiger partial charge in [-0.3, -0.25) is 19.8 Å². The normalized spacial score (nSPS) is 16.8. The first-order chi connectivity index (χ1) is 15.1. The topological polar surface area (TPSA) is 75.5 Å². The number of benzene rings is 2. The Balaban J connectivity index is 1.78. The molecule has 2 aromatic rings. The summed E-state index contributed by atoms with van der Waals surface area (Å²) in [5.41, 5.74) is -1.26. The lowest BCUT2D eigenvalue weighted by Gasteiger charge is -2.22. The molecule has 1 unspecified atom stereocenters. The van der Waals surface area contributed by atoms with Gasteiger partial charge in [0.1, 0.15) is 0 Å². The average Bonchev–Trinajstić information content (AvgIpc) is 3.20. The maximum absolute atomic E-state index is 13.1. The van der Waals surface area contributed by atoms with E-state index in [-0.39, 0.29) is 27.1 Å². The largest absolute Gasteiger partial charge is 0.417 e. The zero-order chi connectivity index (χ0) is 23.5. The number of nitrogens with one attached hydrogen (secondary N) is 1. The minimum absolute atomic E-state index is 0.120. The Hall–Kier alpha value is -2.30. The standard InChI is InChI=1S/C21H21ClF3N3O3S/c1-2-27-9-3-4-14(27)12-26-20(29)13-5-8-19(18(10-13)28(30)31)32-15-6-7-17(22)16(11-15)21(23,24)25/h5-8,10-11,14H,2-4,9,12H2,1H3,(H,26,29). The van der Waals surface area contributed by atoms with E-state index >= 15 is 0 Å². The minimum Gasteiger partial charge on any atom is -0.350 e. The number of likely N-dealkylation sites (tertiary alicyclic amines) is 1. The molecule has 2 aromatic carbocycles. The van der Waals surface area contributed by atoms with Crippen molar-refractivity contribution in [2.45, 2.75) is 41.8 Å². The third-order valence-electron chi connectivity index (χ3n) is 5.29. The molecule has 0 bridgehead atoms. The number of likely N-dealkylation sites (N-methyl/N-ethyl adjacent to an activating group) is 1. The summed E-state index contributed by atoms with van der Waals surface area (Å²) in [4.78, 5) is 26.0. The fourth-order valence-corrected chi connectivity index (χ4v) is 4.82. The van der Waals surface area contributed by atoms with Crippen LogP contribution in [0.15, 0.2) is 46.2 Å². The van der Waals surface area contributed by atoms with Gasteiger partial charge in [0.05, 0.1) is 20.4 Å². The summed E-state index contributed by atoms with van der Waals surface area (Å²) in [5.74, 6) is -0.432. The molecule has 0 aromatic heterocycles. The lowest BCUT2D eigenvalue weighted by molar-refractivity contribution is -0.387. The SMILES string of the molecule is CCN1CCCC1CNC(=O)c1ccc(Sc2ccc(Cl)c(C(F)(F)F)c2)c([N+](=O)[O-])c1. The molecule has 3 rings (SSSR count). The zero-order valence-corrected chi connectivity index (χ0v) is 18.7. The van der Waals surface area contributed by atoms with Crippen molar-refractivity contribution < 1.29 is 22.9 Å². The molecular formula is C21H21ClF3N3O3S. The summed E-state index contributed by atoms with van der Waals surface area (Å²) >= 11 is 6.43. The van der Waals surface area contributed by atoms with Crippen LogP contribution in [-0.4, -0.2) is 41.4 Å². The second-order valence-corrected chi connectivity index (χ2v) is 8.84. The quantitative estimate of drug-likeness (QED) is 0.404. The third-order valence-corrected chi connectivity index (χ3v) is 6.68. The predicted molar refractivity (Wildman–Crippen MR) is 116 cm³/mol. The van der Waals surface area contributed by atoms with Crippen LogP contribution in [0.3, 0.4) is 0 Å². The van der Waals surface area contributed by atoms with Gasteiger partial charge in [-0.1, -0.05) is 30.3 Å². The van der Waals surface area contributed by atoms with Crippen molar-refractivity contribution in [3.8, 4) is 0 Å². The summed E-state index contributed by atoms with van der Waals surface area (Å²) in [6.45, 7) is 4.37. The second kappa shape index (κ2) is 10.1. The first-order valence-corrected chi connectivity index (χ1v) is 11.1. The number of carbonyl (C=O) groups excluding carboxylic acids is 1. The van der Waals surface area contributed by atoms with Gasteiger partial charge in [-0.05, 0) is 56.3 Å². The summed E-state index contributed by atoms with van der Waals surface area (Å²) in [7, 11) is 0. The van der Waals surface area contributed by atoms with E-state index in [4.69, 9.17) is 11.6 Å². The van der Waals surface area contributed by atoms with Gasteiger partial charge >= 0.3 is 6.18 Å². The fraction of sp³-hybridized carbons (Fsp3) is 0.381. The number of rotatable bonds is 7. The molecule has 0 spiro atoms. The summed E-state index contributed by atoms with van der Waals surface area (Å²) in [6.07, 6.45) is -2.61. The first kappa shape index (κ1) is 24.3. The van der Waals surface area contributed by atoms with Crippen molar-refractivity contribution in [1.29, 1.82) is 0 Å². The molecule has 1 fully saturated rings. The highest BCUT2D eigenvalue weighted by Crippen LogP contribution is 2.40. The van der Waals surface area contributed by atoms with Gasteiger partial charge in [0.15, 0.2) is 0 Å². The highest BCUT2D eigenvalue weighted by Gasteiger charge is 2.33. The van der Waals surface area contributed by atoms with Gasteiger partial charge in [0.25, 0.3) is 11.6 Å². The third kappa shape index (κ3) is 5.73. The van der Waals surface area contributed by atoms with Crippen LogP contribution in [0.5, 0.6) is 0 Å². The molecule has 6 nitrogen and oxygen atoms in total. The molecule has 0 aliphatic carbocycles. The van der Waals surface area contributed by atoms with Gasteiger partial charge in [-0.15, -0.1) is 0 Å². The van der Waals surface area contributed by atoms with Gasteiger partial charge in [-0.25, -0.2) is 0 Å². The Kier molecular flexibility index (Phi) is 7.68. The Morgan fingerprint density at radius 1 is 1.31 bits per heavy atom. The smallest absolute Gasteiger partial charge is 0.350 e. The van der Waals surface area contributed by atoms with Crippen LogP contribution in [-0.2, 0) is 6.18 Å². The van der Waals surface area contributed by atoms with Crippen LogP contribution >= 0.6 is 23.4 Å². The number of nitro groups is 1. The Bertz CT molecular complexity index is 1020. The molecule has 172 valence electrons. The number of hydrogen-bond acceptors (Lipinski definition) is 5. The van der Waals surface area contributed by atoms with Crippen LogP contribution in [0.4, 0.5) is 18.9 Å². The molecule has 1 saturated heterocycles. The van der Waals surface area contributed by atoms with Crippen LogP contribution in [0.25, 0.3) is 0 Å². The molecule has 1 aliphatic rings. The molecule has 1 heterocycles. The number of nitrogens with zero attached hydrogens (tertiary/aromatic N) is 2.